The molecule has 0 unspecified atom stereocenters. The van der Waals surface area contributed by atoms with Crippen LogP contribution in [0.2, 0.25) is 0 Å². The van der Waals surface area contributed by atoms with E-state index in [-0.39, 0.29) is 5.91 Å². The highest BCUT2D eigenvalue weighted by Gasteiger charge is 2.31. The zero-order valence-corrected chi connectivity index (χ0v) is 13.4. The molecular weight excluding hydrogens is 343 g/mol. The molecule has 0 saturated heterocycles. The Morgan fingerprint density at radius 3 is 2.54 bits per heavy atom. The van der Waals surface area contributed by atoms with Crippen molar-refractivity contribution >= 4 is 23.4 Å². The van der Waals surface area contributed by atoms with Gasteiger partial charge in [-0.05, 0) is 44.0 Å². The van der Waals surface area contributed by atoms with Gasteiger partial charge in [0.1, 0.15) is 0 Å². The number of hydrogen-bond donors (Lipinski definition) is 1. The van der Waals surface area contributed by atoms with E-state index in [1.807, 2.05) is 0 Å². The number of benzene rings is 1. The van der Waals surface area contributed by atoms with Gasteiger partial charge in [0.05, 0.1) is 10.8 Å². The molecule has 0 radical (unpaired) electrons. The Kier molecular flexibility index (Phi) is 4.53. The summed E-state index contributed by atoms with van der Waals surface area (Å²) in [5, 5.41) is 10.2. The first-order valence-corrected chi connectivity index (χ1v) is 8.19. The van der Waals surface area contributed by atoms with Crippen molar-refractivity contribution in [3.8, 4) is 0 Å². The van der Waals surface area contributed by atoms with Crippen molar-refractivity contribution < 1.29 is 22.4 Å². The average Bonchev–Trinajstić information content (AvgIpc) is 3.27. The third-order valence-corrected chi connectivity index (χ3v) is 4.41. The summed E-state index contributed by atoms with van der Waals surface area (Å²) >= 11 is 1.11. The molecule has 1 heterocycles. The molecule has 2 aromatic rings. The molecular formula is C15H14F3N3O2S. The van der Waals surface area contributed by atoms with Crippen molar-refractivity contribution in [2.24, 2.45) is 0 Å². The van der Waals surface area contributed by atoms with Crippen molar-refractivity contribution in [2.75, 3.05) is 5.32 Å². The summed E-state index contributed by atoms with van der Waals surface area (Å²) in [5.74, 6) is 0.571. The van der Waals surface area contributed by atoms with Crippen LogP contribution in [0.3, 0.4) is 0 Å². The third-order valence-electron chi connectivity index (χ3n) is 3.48. The summed E-state index contributed by atoms with van der Waals surface area (Å²) in [6.45, 7) is 1.66. The van der Waals surface area contributed by atoms with Gasteiger partial charge < -0.3 is 9.73 Å². The van der Waals surface area contributed by atoms with Crippen molar-refractivity contribution in [1.29, 1.82) is 0 Å². The van der Waals surface area contributed by atoms with E-state index < -0.39 is 17.0 Å². The van der Waals surface area contributed by atoms with Crippen LogP contribution in [-0.4, -0.2) is 21.4 Å². The number of aromatic nitrogens is 2. The molecule has 128 valence electrons. The Morgan fingerprint density at radius 2 is 1.96 bits per heavy atom. The van der Waals surface area contributed by atoms with Crippen LogP contribution in [0.15, 0.2) is 33.9 Å². The number of nitrogens with zero attached hydrogens (tertiary/aromatic N) is 2. The Morgan fingerprint density at radius 1 is 1.29 bits per heavy atom. The number of anilines is 1. The quantitative estimate of drug-likeness (QED) is 0.817. The van der Waals surface area contributed by atoms with Crippen molar-refractivity contribution in [1.82, 2.24) is 10.2 Å². The number of hydrogen-bond acceptors (Lipinski definition) is 5. The molecule has 5 nitrogen and oxygen atoms in total. The molecule has 1 aliphatic carbocycles. The fourth-order valence-electron chi connectivity index (χ4n) is 1.95. The number of alkyl halides is 3. The molecule has 24 heavy (non-hydrogen) atoms. The number of nitrogens with one attached hydrogen (secondary N) is 1. The predicted molar refractivity (Wildman–Crippen MR) is 81.7 cm³/mol. The summed E-state index contributed by atoms with van der Waals surface area (Å²) in [6, 6.07) is 4.28. The normalized spacial score (nSPS) is 16.0. The van der Waals surface area contributed by atoms with E-state index >= 15 is 0 Å². The zero-order chi connectivity index (χ0) is 17.3. The smallest absolute Gasteiger partial charge is 0.416 e. The maximum atomic E-state index is 12.5. The van der Waals surface area contributed by atoms with Crippen LogP contribution >= 0.6 is 11.8 Å². The van der Waals surface area contributed by atoms with Gasteiger partial charge in [0.2, 0.25) is 11.8 Å². The number of carbonyl (C=O) groups excluding carboxylic acids is 1. The molecule has 1 N–H and O–H groups in total. The maximum absolute atomic E-state index is 12.5. The molecule has 1 aliphatic rings. The van der Waals surface area contributed by atoms with Gasteiger partial charge in [-0.3, -0.25) is 4.79 Å². The first-order chi connectivity index (χ1) is 11.3. The molecule has 1 fully saturated rings. The largest absolute Gasteiger partial charge is 0.416 e. The third kappa shape index (κ3) is 4.08. The Balaban J connectivity index is 1.57. The maximum Gasteiger partial charge on any atom is 0.416 e. The first kappa shape index (κ1) is 16.8. The summed E-state index contributed by atoms with van der Waals surface area (Å²) in [7, 11) is 0. The highest BCUT2D eigenvalue weighted by molar-refractivity contribution is 8.00. The van der Waals surface area contributed by atoms with Gasteiger partial charge in [0.15, 0.2) is 0 Å². The minimum Gasteiger partial charge on any atom is -0.416 e. The first-order valence-electron chi connectivity index (χ1n) is 7.31. The van der Waals surface area contributed by atoms with Gasteiger partial charge in [0, 0.05) is 11.6 Å². The standard InChI is InChI=1S/C15H14F3N3O2S/c1-8(24-14-21-20-13(23-14)9-2-3-9)12(22)19-11-6-4-10(5-7-11)15(16,17)18/h4-9H,2-3H2,1H3,(H,19,22)/t8-/m0/s1. The highest BCUT2D eigenvalue weighted by atomic mass is 32.2. The number of thioether (sulfide) groups is 1. The second-order valence-electron chi connectivity index (χ2n) is 5.50. The van der Waals surface area contributed by atoms with E-state index in [0.29, 0.717) is 22.7 Å². The molecule has 1 aromatic carbocycles. The molecule has 3 rings (SSSR count). The minimum absolute atomic E-state index is 0.296. The molecule has 0 bridgehead atoms. The van der Waals surface area contributed by atoms with Crippen LogP contribution in [-0.2, 0) is 11.0 Å². The lowest BCUT2D eigenvalue weighted by atomic mass is 10.2. The van der Waals surface area contributed by atoms with E-state index in [1.165, 1.54) is 12.1 Å². The number of carbonyl (C=O) groups is 1. The molecule has 1 amide bonds. The topological polar surface area (TPSA) is 68.0 Å². The van der Waals surface area contributed by atoms with Crippen LogP contribution in [0.4, 0.5) is 18.9 Å². The fraction of sp³-hybridized carbons (Fsp3) is 0.400. The van der Waals surface area contributed by atoms with Crippen molar-refractivity contribution in [2.45, 2.75) is 42.3 Å². The number of halogens is 3. The van der Waals surface area contributed by atoms with Crippen LogP contribution in [0.1, 0.15) is 37.1 Å². The van der Waals surface area contributed by atoms with Gasteiger partial charge in [-0.2, -0.15) is 13.2 Å². The minimum atomic E-state index is -4.40. The molecule has 1 atom stereocenters. The van der Waals surface area contributed by atoms with E-state index in [2.05, 4.69) is 15.5 Å². The van der Waals surface area contributed by atoms with E-state index in [9.17, 15) is 18.0 Å². The van der Waals surface area contributed by atoms with Crippen molar-refractivity contribution in [3.63, 3.8) is 0 Å². The van der Waals surface area contributed by atoms with E-state index in [1.54, 1.807) is 6.92 Å². The van der Waals surface area contributed by atoms with E-state index in [4.69, 9.17) is 4.42 Å². The summed E-state index contributed by atoms with van der Waals surface area (Å²) < 4.78 is 43.0. The number of amides is 1. The Hall–Kier alpha value is -2.03. The van der Waals surface area contributed by atoms with Crippen LogP contribution < -0.4 is 5.32 Å². The van der Waals surface area contributed by atoms with Gasteiger partial charge in [-0.1, -0.05) is 11.8 Å². The molecule has 0 aliphatic heterocycles. The monoisotopic (exact) mass is 357 g/mol. The van der Waals surface area contributed by atoms with Gasteiger partial charge in [-0.25, -0.2) is 0 Å². The highest BCUT2D eigenvalue weighted by Crippen LogP contribution is 2.40. The molecule has 0 spiro atoms. The molecule has 1 aromatic heterocycles. The van der Waals surface area contributed by atoms with E-state index in [0.717, 1.165) is 36.7 Å². The SMILES string of the molecule is C[C@H](Sc1nnc(C2CC2)o1)C(=O)Nc1ccc(C(F)(F)F)cc1. The lowest BCUT2D eigenvalue weighted by Crippen LogP contribution is -2.22. The van der Waals surface area contributed by atoms with Crippen LogP contribution in [0.25, 0.3) is 0 Å². The molecule has 1 saturated carbocycles. The second-order valence-corrected chi connectivity index (χ2v) is 6.80. The van der Waals surface area contributed by atoms with Crippen molar-refractivity contribution in [3.05, 3.63) is 35.7 Å². The van der Waals surface area contributed by atoms with Gasteiger partial charge in [-0.15, -0.1) is 10.2 Å². The fourth-order valence-corrected chi connectivity index (χ4v) is 2.64. The van der Waals surface area contributed by atoms with Crippen LogP contribution in [0.5, 0.6) is 0 Å². The Labute approximate surface area is 140 Å². The summed E-state index contributed by atoms with van der Waals surface area (Å²) in [5.41, 5.74) is -0.467. The lowest BCUT2D eigenvalue weighted by molar-refractivity contribution is -0.137. The average molecular weight is 357 g/mol. The zero-order valence-electron chi connectivity index (χ0n) is 12.6. The van der Waals surface area contributed by atoms with Crippen LogP contribution in [0, 0.1) is 0 Å². The summed E-state index contributed by atoms with van der Waals surface area (Å²) in [4.78, 5) is 12.1. The van der Waals surface area contributed by atoms with Gasteiger partial charge in [0.25, 0.3) is 5.22 Å². The molecule has 9 heteroatoms. The summed E-state index contributed by atoms with van der Waals surface area (Å²) in [6.07, 6.45) is -2.32. The van der Waals surface area contributed by atoms with Gasteiger partial charge >= 0.3 is 6.18 Å². The predicted octanol–water partition coefficient (Wildman–Crippen LogP) is 4.09. The number of rotatable bonds is 5. The second kappa shape index (κ2) is 6.46. The lowest BCUT2D eigenvalue weighted by Gasteiger charge is -2.11. The Bertz CT molecular complexity index is 726.